The maximum Gasteiger partial charge on any atom is 0.164 e. The van der Waals surface area contributed by atoms with Gasteiger partial charge in [0.15, 0.2) is 17.5 Å². The summed E-state index contributed by atoms with van der Waals surface area (Å²) in [5, 5.41) is 9.00. The molecule has 0 bridgehead atoms. The Morgan fingerprint density at radius 1 is 0.372 bits per heavy atom. The Labute approximate surface area is 246 Å². The summed E-state index contributed by atoms with van der Waals surface area (Å²) in [5.74, 6) is 1.91. The number of para-hydroxylation sites is 1. The van der Waals surface area contributed by atoms with Crippen molar-refractivity contribution in [1.82, 2.24) is 15.0 Å². The van der Waals surface area contributed by atoms with Gasteiger partial charge in [0, 0.05) is 32.8 Å². The highest BCUT2D eigenvalue weighted by Crippen LogP contribution is 2.37. The largest absolute Gasteiger partial charge is 0.455 e. The van der Waals surface area contributed by atoms with Crippen molar-refractivity contribution in [3.05, 3.63) is 140 Å². The molecule has 0 aliphatic carbocycles. The molecule has 0 radical (unpaired) electrons. The summed E-state index contributed by atoms with van der Waals surface area (Å²) in [7, 11) is 0. The van der Waals surface area contributed by atoms with E-state index in [0.717, 1.165) is 60.2 Å². The van der Waals surface area contributed by atoms with Gasteiger partial charge in [-0.2, -0.15) is 0 Å². The summed E-state index contributed by atoms with van der Waals surface area (Å²) in [5.41, 5.74) is 4.59. The van der Waals surface area contributed by atoms with Crippen molar-refractivity contribution in [2.24, 2.45) is 0 Å². The first-order valence-electron chi connectivity index (χ1n) is 14.4. The summed E-state index contributed by atoms with van der Waals surface area (Å²) in [6.45, 7) is 0. The van der Waals surface area contributed by atoms with Gasteiger partial charge in [-0.1, -0.05) is 115 Å². The molecule has 9 aromatic rings. The van der Waals surface area contributed by atoms with Crippen LogP contribution in [0.15, 0.2) is 144 Å². The molecule has 0 spiro atoms. The molecule has 0 amide bonds. The smallest absolute Gasteiger partial charge is 0.164 e. The van der Waals surface area contributed by atoms with Gasteiger partial charge in [-0.15, -0.1) is 0 Å². The summed E-state index contributed by atoms with van der Waals surface area (Å²) >= 11 is 0. The fraction of sp³-hybridized carbons (Fsp3) is 0. The summed E-state index contributed by atoms with van der Waals surface area (Å²) in [6, 6.07) is 48.1. The van der Waals surface area contributed by atoms with E-state index in [2.05, 4.69) is 91.0 Å². The molecule has 4 heteroatoms. The van der Waals surface area contributed by atoms with Crippen LogP contribution in [0.2, 0.25) is 0 Å². The molecule has 9 rings (SSSR count). The topological polar surface area (TPSA) is 51.8 Å². The Bertz CT molecular complexity index is 2510. The van der Waals surface area contributed by atoms with Gasteiger partial charge in [0.1, 0.15) is 11.2 Å². The number of nitrogens with zero attached hydrogens (tertiary/aromatic N) is 3. The van der Waals surface area contributed by atoms with Crippen LogP contribution in [-0.4, -0.2) is 15.0 Å². The third-order valence-corrected chi connectivity index (χ3v) is 8.30. The van der Waals surface area contributed by atoms with E-state index in [-0.39, 0.29) is 0 Å². The van der Waals surface area contributed by atoms with Crippen LogP contribution in [0.25, 0.3) is 88.4 Å². The quantitative estimate of drug-likeness (QED) is 0.206. The third kappa shape index (κ3) is 3.81. The van der Waals surface area contributed by atoms with Gasteiger partial charge in [0.05, 0.1) is 0 Å². The highest BCUT2D eigenvalue weighted by molar-refractivity contribution is 6.16. The van der Waals surface area contributed by atoms with Crippen LogP contribution in [-0.2, 0) is 0 Å². The van der Waals surface area contributed by atoms with Crippen LogP contribution < -0.4 is 0 Å². The van der Waals surface area contributed by atoms with E-state index in [0.29, 0.717) is 17.5 Å². The molecule has 2 heterocycles. The second kappa shape index (κ2) is 9.33. The second-order valence-electron chi connectivity index (χ2n) is 10.8. The Morgan fingerprint density at radius 2 is 1.02 bits per heavy atom. The molecule has 0 N–H and O–H groups in total. The van der Waals surface area contributed by atoms with E-state index in [4.69, 9.17) is 19.4 Å². The zero-order chi connectivity index (χ0) is 28.3. The van der Waals surface area contributed by atoms with E-state index >= 15 is 0 Å². The fourth-order valence-electron chi connectivity index (χ4n) is 6.22. The molecule has 7 aromatic carbocycles. The van der Waals surface area contributed by atoms with Gasteiger partial charge in [-0.3, -0.25) is 0 Å². The van der Waals surface area contributed by atoms with Crippen molar-refractivity contribution in [1.29, 1.82) is 0 Å². The molecule has 200 valence electrons. The lowest BCUT2D eigenvalue weighted by molar-refractivity contribution is 0.672. The Hall–Kier alpha value is -5.87. The van der Waals surface area contributed by atoms with E-state index in [1.807, 2.05) is 48.5 Å². The van der Waals surface area contributed by atoms with Gasteiger partial charge in [0.2, 0.25) is 0 Å². The fourth-order valence-corrected chi connectivity index (χ4v) is 6.22. The number of hydrogen-bond donors (Lipinski definition) is 0. The van der Waals surface area contributed by atoms with Crippen LogP contribution in [0.5, 0.6) is 0 Å². The van der Waals surface area contributed by atoms with Gasteiger partial charge < -0.3 is 4.42 Å². The molecule has 43 heavy (non-hydrogen) atoms. The minimum atomic E-state index is 0.621. The van der Waals surface area contributed by atoms with E-state index < -0.39 is 0 Å². The van der Waals surface area contributed by atoms with Gasteiger partial charge in [-0.25, -0.2) is 15.0 Å². The van der Waals surface area contributed by atoms with Crippen molar-refractivity contribution in [2.45, 2.75) is 0 Å². The lowest BCUT2D eigenvalue weighted by Crippen LogP contribution is -2.00. The van der Waals surface area contributed by atoms with E-state index in [1.54, 1.807) is 0 Å². The molecule has 0 unspecified atom stereocenters. The van der Waals surface area contributed by atoms with Crippen LogP contribution in [0.3, 0.4) is 0 Å². The van der Waals surface area contributed by atoms with Crippen molar-refractivity contribution in [3.63, 3.8) is 0 Å². The first-order valence-corrected chi connectivity index (χ1v) is 14.4. The Balaban J connectivity index is 1.32. The summed E-state index contributed by atoms with van der Waals surface area (Å²) in [6.07, 6.45) is 0. The molecular weight excluding hydrogens is 526 g/mol. The first kappa shape index (κ1) is 23.8. The number of aromatic nitrogens is 3. The monoisotopic (exact) mass is 549 g/mol. The Morgan fingerprint density at radius 3 is 1.88 bits per heavy atom. The standard InChI is InChI=1S/C39H23N3O/c1-2-10-25(11-3-1)37-40-38(27-19-18-24-20-21-32-31-16-8-9-17-35(31)43-36(32)33(24)23-27)42-39(41-37)34-22-26-12-4-5-13-28(26)29-14-6-7-15-30(29)34/h1-23H. The molecule has 0 aliphatic rings. The number of furan rings is 1. The second-order valence-corrected chi connectivity index (χ2v) is 10.8. The highest BCUT2D eigenvalue weighted by Gasteiger charge is 2.17. The minimum Gasteiger partial charge on any atom is -0.455 e. The molecule has 0 saturated heterocycles. The predicted molar refractivity (Wildman–Crippen MR) is 176 cm³/mol. The predicted octanol–water partition coefficient (Wildman–Crippen LogP) is 10.2. The molecule has 0 fully saturated rings. The third-order valence-electron chi connectivity index (χ3n) is 8.30. The van der Waals surface area contributed by atoms with Crippen LogP contribution >= 0.6 is 0 Å². The summed E-state index contributed by atoms with van der Waals surface area (Å²) < 4.78 is 6.38. The lowest BCUT2D eigenvalue weighted by atomic mass is 9.97. The number of rotatable bonds is 3. The molecule has 0 atom stereocenters. The summed E-state index contributed by atoms with van der Waals surface area (Å²) in [4.78, 5) is 15.2. The lowest BCUT2D eigenvalue weighted by Gasteiger charge is -2.12. The average molecular weight is 550 g/mol. The van der Waals surface area contributed by atoms with Gasteiger partial charge in [-0.05, 0) is 51.2 Å². The molecule has 2 aromatic heterocycles. The first-order chi connectivity index (χ1) is 21.3. The minimum absolute atomic E-state index is 0.621. The number of fused-ring (bicyclic) bond motifs is 8. The maximum absolute atomic E-state index is 6.38. The number of hydrogen-bond acceptors (Lipinski definition) is 4. The molecule has 0 aliphatic heterocycles. The maximum atomic E-state index is 6.38. The van der Waals surface area contributed by atoms with Crippen LogP contribution in [0.4, 0.5) is 0 Å². The molecule has 4 nitrogen and oxygen atoms in total. The average Bonchev–Trinajstić information content (AvgIpc) is 3.47. The number of benzene rings is 7. The van der Waals surface area contributed by atoms with Crippen molar-refractivity contribution < 1.29 is 4.42 Å². The van der Waals surface area contributed by atoms with E-state index in [1.165, 1.54) is 10.8 Å². The SMILES string of the molecule is c1ccc(-c2nc(-c3ccc4ccc5c6ccccc6oc5c4c3)nc(-c3cc4ccccc4c4ccccc34)n2)cc1. The molecular formula is C39H23N3O. The van der Waals surface area contributed by atoms with Crippen molar-refractivity contribution >= 4 is 54.3 Å². The zero-order valence-electron chi connectivity index (χ0n) is 23.0. The van der Waals surface area contributed by atoms with Gasteiger partial charge >= 0.3 is 0 Å². The normalized spacial score (nSPS) is 11.7. The van der Waals surface area contributed by atoms with Crippen molar-refractivity contribution in [2.75, 3.05) is 0 Å². The Kier molecular flexibility index (Phi) is 5.16. The highest BCUT2D eigenvalue weighted by atomic mass is 16.3. The zero-order valence-corrected chi connectivity index (χ0v) is 23.0. The van der Waals surface area contributed by atoms with Crippen LogP contribution in [0.1, 0.15) is 0 Å². The van der Waals surface area contributed by atoms with Gasteiger partial charge in [0.25, 0.3) is 0 Å². The molecule has 0 saturated carbocycles. The van der Waals surface area contributed by atoms with Crippen molar-refractivity contribution in [3.8, 4) is 34.2 Å². The van der Waals surface area contributed by atoms with Crippen LogP contribution in [0, 0.1) is 0 Å². The van der Waals surface area contributed by atoms with E-state index in [9.17, 15) is 0 Å².